The lowest BCUT2D eigenvalue weighted by Crippen LogP contribution is -2.24. The predicted molar refractivity (Wildman–Crippen MR) is 88.9 cm³/mol. The maximum Gasteiger partial charge on any atom is 0.433 e. The molecule has 3 heterocycles. The van der Waals surface area contributed by atoms with Crippen molar-refractivity contribution in [2.45, 2.75) is 19.5 Å². The monoisotopic (exact) mass is 388 g/mol. The van der Waals surface area contributed by atoms with Gasteiger partial charge in [0.2, 0.25) is 0 Å². The Labute approximate surface area is 149 Å². The standard InChI is InChI=1S/C15H12ClF3N4OS/c1-2-5-20-14(24)12-11(16)13-21-8(9-4-3-6-25-9)7-10(15(17,18)19)23(13)22-12/h3-4,6-7H,2,5H2,1H3,(H,20,24). The lowest BCUT2D eigenvalue weighted by molar-refractivity contribution is -0.142. The maximum atomic E-state index is 13.5. The molecule has 25 heavy (non-hydrogen) atoms. The Morgan fingerprint density at radius 3 is 2.80 bits per heavy atom. The molecule has 1 amide bonds. The van der Waals surface area contributed by atoms with Gasteiger partial charge in [-0.25, -0.2) is 9.50 Å². The van der Waals surface area contributed by atoms with Crippen molar-refractivity contribution in [2.75, 3.05) is 6.54 Å². The van der Waals surface area contributed by atoms with Crippen molar-refractivity contribution in [3.05, 3.63) is 40.0 Å². The van der Waals surface area contributed by atoms with Gasteiger partial charge in [0.25, 0.3) is 5.91 Å². The van der Waals surface area contributed by atoms with Gasteiger partial charge in [-0.2, -0.15) is 18.3 Å². The summed E-state index contributed by atoms with van der Waals surface area (Å²) in [4.78, 5) is 16.8. The van der Waals surface area contributed by atoms with Crippen molar-refractivity contribution in [1.29, 1.82) is 0 Å². The van der Waals surface area contributed by atoms with Crippen LogP contribution in [0.1, 0.15) is 29.5 Å². The molecule has 0 aliphatic carbocycles. The van der Waals surface area contributed by atoms with Crippen LogP contribution in [-0.2, 0) is 6.18 Å². The number of amides is 1. The number of nitrogens with one attached hydrogen (secondary N) is 1. The van der Waals surface area contributed by atoms with E-state index in [-0.39, 0.29) is 22.1 Å². The highest BCUT2D eigenvalue weighted by atomic mass is 35.5. The average Bonchev–Trinajstić information content (AvgIpc) is 3.19. The van der Waals surface area contributed by atoms with Crippen LogP contribution in [0.5, 0.6) is 0 Å². The molecule has 0 spiro atoms. The SMILES string of the molecule is CCCNC(=O)c1nn2c(C(F)(F)F)cc(-c3cccs3)nc2c1Cl. The molecule has 3 aromatic heterocycles. The van der Waals surface area contributed by atoms with Crippen LogP contribution < -0.4 is 5.32 Å². The van der Waals surface area contributed by atoms with Crippen LogP contribution in [0.2, 0.25) is 5.02 Å². The number of aromatic nitrogens is 3. The number of halogens is 4. The number of thiophene rings is 1. The normalized spacial score (nSPS) is 11.9. The van der Waals surface area contributed by atoms with Gasteiger partial charge in [-0.05, 0) is 23.9 Å². The molecule has 0 aromatic carbocycles. The van der Waals surface area contributed by atoms with Gasteiger partial charge in [0.1, 0.15) is 5.02 Å². The first-order valence-electron chi connectivity index (χ1n) is 7.31. The van der Waals surface area contributed by atoms with Gasteiger partial charge in [-0.3, -0.25) is 4.79 Å². The molecular weight excluding hydrogens is 377 g/mol. The van der Waals surface area contributed by atoms with Gasteiger partial charge >= 0.3 is 6.18 Å². The molecule has 0 fully saturated rings. The minimum absolute atomic E-state index is 0.122. The van der Waals surface area contributed by atoms with Crippen LogP contribution >= 0.6 is 22.9 Å². The molecule has 0 radical (unpaired) electrons. The lowest BCUT2D eigenvalue weighted by atomic mass is 10.2. The van der Waals surface area contributed by atoms with Crippen molar-refractivity contribution >= 4 is 34.5 Å². The Hall–Kier alpha value is -2.13. The fraction of sp³-hybridized carbons (Fsp3) is 0.267. The Morgan fingerprint density at radius 1 is 1.44 bits per heavy atom. The number of alkyl halides is 3. The van der Waals surface area contributed by atoms with Gasteiger partial charge in [0.05, 0.1) is 10.6 Å². The van der Waals surface area contributed by atoms with Gasteiger partial charge in [-0.15, -0.1) is 11.3 Å². The molecule has 0 bridgehead atoms. The summed E-state index contributed by atoms with van der Waals surface area (Å²) in [5.41, 5.74) is -1.41. The van der Waals surface area contributed by atoms with E-state index in [4.69, 9.17) is 11.6 Å². The fourth-order valence-electron chi connectivity index (χ4n) is 2.21. The Balaban J connectivity index is 2.22. The zero-order valence-electron chi connectivity index (χ0n) is 12.9. The van der Waals surface area contributed by atoms with Crippen molar-refractivity contribution in [3.63, 3.8) is 0 Å². The Bertz CT molecular complexity index is 921. The first-order chi connectivity index (χ1) is 11.8. The quantitative estimate of drug-likeness (QED) is 0.726. The molecule has 0 atom stereocenters. The Morgan fingerprint density at radius 2 is 2.20 bits per heavy atom. The fourth-order valence-corrected chi connectivity index (χ4v) is 3.14. The zero-order chi connectivity index (χ0) is 18.2. The maximum absolute atomic E-state index is 13.5. The van der Waals surface area contributed by atoms with Crippen LogP contribution in [0.4, 0.5) is 13.2 Å². The summed E-state index contributed by atoms with van der Waals surface area (Å²) in [6, 6.07) is 4.26. The second kappa shape index (κ2) is 6.64. The third kappa shape index (κ3) is 3.34. The van der Waals surface area contributed by atoms with E-state index in [2.05, 4.69) is 15.4 Å². The predicted octanol–water partition coefficient (Wildman–Crippen LogP) is 4.27. The number of nitrogens with zero attached hydrogens (tertiary/aromatic N) is 3. The van der Waals surface area contributed by atoms with Crippen molar-refractivity contribution in [2.24, 2.45) is 0 Å². The highest BCUT2D eigenvalue weighted by molar-refractivity contribution is 7.13. The third-order valence-corrected chi connectivity index (χ3v) is 4.59. The number of fused-ring (bicyclic) bond motifs is 1. The van der Waals surface area contributed by atoms with Gasteiger partial charge < -0.3 is 5.32 Å². The van der Waals surface area contributed by atoms with Gasteiger partial charge in [0.15, 0.2) is 17.0 Å². The summed E-state index contributed by atoms with van der Waals surface area (Å²) >= 11 is 7.37. The van der Waals surface area contributed by atoms with Crippen LogP contribution in [0.25, 0.3) is 16.2 Å². The summed E-state index contributed by atoms with van der Waals surface area (Å²) in [6.45, 7) is 2.21. The average molecular weight is 389 g/mol. The number of rotatable bonds is 4. The summed E-state index contributed by atoms with van der Waals surface area (Å²) in [7, 11) is 0. The van der Waals surface area contributed by atoms with Crippen LogP contribution in [0.3, 0.4) is 0 Å². The van der Waals surface area contributed by atoms with Crippen molar-refractivity contribution in [1.82, 2.24) is 19.9 Å². The van der Waals surface area contributed by atoms with E-state index >= 15 is 0 Å². The summed E-state index contributed by atoms with van der Waals surface area (Å²) < 4.78 is 40.9. The van der Waals surface area contributed by atoms with E-state index in [0.29, 0.717) is 22.4 Å². The van der Waals surface area contributed by atoms with Crippen molar-refractivity contribution < 1.29 is 18.0 Å². The Kier molecular flexibility index (Phi) is 4.70. The molecule has 132 valence electrons. The topological polar surface area (TPSA) is 59.3 Å². The molecule has 3 rings (SSSR count). The summed E-state index contributed by atoms with van der Waals surface area (Å²) in [6.07, 6.45) is -4.01. The molecule has 0 aliphatic rings. The molecule has 5 nitrogen and oxygen atoms in total. The summed E-state index contributed by atoms with van der Waals surface area (Å²) in [5.74, 6) is -0.636. The molecule has 3 aromatic rings. The minimum atomic E-state index is -4.68. The lowest BCUT2D eigenvalue weighted by Gasteiger charge is -2.10. The molecular formula is C15H12ClF3N4OS. The van der Waals surface area contributed by atoms with Crippen LogP contribution in [0, 0.1) is 0 Å². The summed E-state index contributed by atoms with van der Waals surface area (Å²) in [5, 5.41) is 7.81. The van der Waals surface area contributed by atoms with E-state index in [1.165, 1.54) is 11.3 Å². The smallest absolute Gasteiger partial charge is 0.351 e. The zero-order valence-corrected chi connectivity index (χ0v) is 14.5. The number of carbonyl (C=O) groups is 1. The molecule has 1 N–H and O–H groups in total. The number of carbonyl (C=O) groups excluding carboxylic acids is 1. The van der Waals surface area contributed by atoms with E-state index in [0.717, 1.165) is 6.07 Å². The van der Waals surface area contributed by atoms with Gasteiger partial charge in [-0.1, -0.05) is 24.6 Å². The second-order valence-corrected chi connectivity index (χ2v) is 6.48. The third-order valence-electron chi connectivity index (χ3n) is 3.35. The molecule has 0 saturated heterocycles. The van der Waals surface area contributed by atoms with E-state index < -0.39 is 17.8 Å². The van der Waals surface area contributed by atoms with Crippen LogP contribution in [0.15, 0.2) is 23.6 Å². The molecule has 0 saturated carbocycles. The largest absolute Gasteiger partial charge is 0.433 e. The first kappa shape index (κ1) is 17.7. The minimum Gasteiger partial charge on any atom is -0.351 e. The molecule has 0 aliphatic heterocycles. The first-order valence-corrected chi connectivity index (χ1v) is 8.57. The number of hydrogen-bond acceptors (Lipinski definition) is 4. The molecule has 0 unspecified atom stereocenters. The highest BCUT2D eigenvalue weighted by Gasteiger charge is 2.36. The van der Waals surface area contributed by atoms with E-state index in [1.807, 2.05) is 6.92 Å². The number of hydrogen-bond donors (Lipinski definition) is 1. The van der Waals surface area contributed by atoms with Crippen LogP contribution in [-0.4, -0.2) is 27.0 Å². The van der Waals surface area contributed by atoms with Gasteiger partial charge in [0, 0.05) is 6.54 Å². The van der Waals surface area contributed by atoms with Crippen molar-refractivity contribution in [3.8, 4) is 10.6 Å². The van der Waals surface area contributed by atoms with E-state index in [9.17, 15) is 18.0 Å². The second-order valence-electron chi connectivity index (χ2n) is 5.16. The highest BCUT2D eigenvalue weighted by Crippen LogP contribution is 2.35. The molecule has 10 heteroatoms. The van der Waals surface area contributed by atoms with E-state index in [1.54, 1.807) is 17.5 Å².